The van der Waals surface area contributed by atoms with E-state index in [1.807, 2.05) is 0 Å². The van der Waals surface area contributed by atoms with Gasteiger partial charge in [-0.15, -0.1) is 0 Å². The van der Waals surface area contributed by atoms with Crippen LogP contribution in [0.25, 0.3) is 0 Å². The summed E-state index contributed by atoms with van der Waals surface area (Å²) in [5, 5.41) is 16.5. The molecule has 0 fully saturated rings. The van der Waals surface area contributed by atoms with Gasteiger partial charge in [0, 0.05) is 0 Å². The fourth-order valence-corrected chi connectivity index (χ4v) is 1.27. The minimum atomic E-state index is -1.07. The number of halogens is 2. The molecule has 0 unspecified atom stereocenters. The Morgan fingerprint density at radius 1 is 1.07 bits per heavy atom. The number of phenolic OH excluding ortho intramolecular Hbond substituents is 2. The third-order valence-corrected chi connectivity index (χ3v) is 1.96. The standard InChI is InChI=1S/C8H4Cl2O4/c9-7(13)3-1-2-4(11)5(6(3)12)8(10)14/h1-2,11-12H. The molecule has 0 radical (unpaired) electrons. The van der Waals surface area contributed by atoms with E-state index in [0.717, 1.165) is 12.1 Å². The number of rotatable bonds is 2. The molecule has 0 aromatic heterocycles. The molecule has 0 aliphatic rings. The Kier molecular flexibility index (Phi) is 2.98. The second kappa shape index (κ2) is 3.86. The van der Waals surface area contributed by atoms with E-state index in [9.17, 15) is 14.7 Å². The highest BCUT2D eigenvalue weighted by Gasteiger charge is 2.20. The maximum absolute atomic E-state index is 10.8. The largest absolute Gasteiger partial charge is 0.507 e. The topological polar surface area (TPSA) is 74.6 Å². The Bertz CT molecular complexity index is 414. The third-order valence-electron chi connectivity index (χ3n) is 1.56. The van der Waals surface area contributed by atoms with Gasteiger partial charge in [0.1, 0.15) is 17.1 Å². The molecule has 14 heavy (non-hydrogen) atoms. The first-order valence-corrected chi connectivity index (χ1v) is 4.15. The monoisotopic (exact) mass is 234 g/mol. The number of hydrogen-bond acceptors (Lipinski definition) is 4. The van der Waals surface area contributed by atoms with E-state index < -0.39 is 27.5 Å². The molecular formula is C8H4Cl2O4. The summed E-state index contributed by atoms with van der Waals surface area (Å²) in [6, 6.07) is 2.13. The minimum absolute atomic E-state index is 0.284. The van der Waals surface area contributed by atoms with Gasteiger partial charge in [0.25, 0.3) is 10.5 Å². The third kappa shape index (κ3) is 1.81. The van der Waals surface area contributed by atoms with E-state index in [1.54, 1.807) is 0 Å². The van der Waals surface area contributed by atoms with E-state index in [4.69, 9.17) is 28.3 Å². The average molecular weight is 235 g/mol. The number of benzene rings is 1. The molecule has 4 nitrogen and oxygen atoms in total. The smallest absolute Gasteiger partial charge is 0.259 e. The quantitative estimate of drug-likeness (QED) is 0.767. The summed E-state index contributed by atoms with van der Waals surface area (Å²) >= 11 is 10.2. The van der Waals surface area contributed by atoms with Gasteiger partial charge in [0.05, 0.1) is 5.56 Å². The highest BCUT2D eigenvalue weighted by Crippen LogP contribution is 2.32. The Labute approximate surface area is 88.7 Å². The van der Waals surface area contributed by atoms with Gasteiger partial charge in [-0.05, 0) is 35.3 Å². The van der Waals surface area contributed by atoms with Crippen molar-refractivity contribution < 1.29 is 19.8 Å². The zero-order valence-corrected chi connectivity index (χ0v) is 8.13. The van der Waals surface area contributed by atoms with Crippen LogP contribution in [0.3, 0.4) is 0 Å². The van der Waals surface area contributed by atoms with Gasteiger partial charge in [-0.3, -0.25) is 9.59 Å². The van der Waals surface area contributed by atoms with Crippen LogP contribution in [0.4, 0.5) is 0 Å². The summed E-state index contributed by atoms with van der Waals surface area (Å²) in [5.41, 5.74) is -0.813. The van der Waals surface area contributed by atoms with Gasteiger partial charge >= 0.3 is 0 Å². The lowest BCUT2D eigenvalue weighted by Gasteiger charge is -2.05. The van der Waals surface area contributed by atoms with Crippen LogP contribution in [0, 0.1) is 0 Å². The molecule has 1 rings (SSSR count). The lowest BCUT2D eigenvalue weighted by atomic mass is 10.1. The molecule has 0 spiro atoms. The molecule has 0 aliphatic carbocycles. The summed E-state index contributed by atoms with van der Waals surface area (Å²) in [6.45, 7) is 0. The first kappa shape index (κ1) is 10.8. The van der Waals surface area contributed by atoms with Crippen molar-refractivity contribution in [3.63, 3.8) is 0 Å². The molecule has 1 aromatic carbocycles. The molecule has 0 atom stereocenters. The zero-order chi connectivity index (χ0) is 10.9. The summed E-state index contributed by atoms with van der Waals surface area (Å²) < 4.78 is 0. The molecule has 6 heteroatoms. The Hall–Kier alpha value is -1.26. The number of phenols is 2. The lowest BCUT2D eigenvalue weighted by molar-refractivity contribution is 0.107. The van der Waals surface area contributed by atoms with E-state index in [0.29, 0.717) is 0 Å². The van der Waals surface area contributed by atoms with Crippen LogP contribution in [0.1, 0.15) is 20.7 Å². The van der Waals surface area contributed by atoms with Crippen molar-refractivity contribution >= 4 is 33.7 Å². The second-order valence-electron chi connectivity index (χ2n) is 2.40. The second-order valence-corrected chi connectivity index (χ2v) is 3.09. The molecule has 74 valence electrons. The molecule has 0 amide bonds. The van der Waals surface area contributed by atoms with E-state index in [1.165, 1.54) is 0 Å². The van der Waals surface area contributed by atoms with Crippen LogP contribution in [-0.4, -0.2) is 20.7 Å². The van der Waals surface area contributed by atoms with Crippen LogP contribution >= 0.6 is 23.2 Å². The van der Waals surface area contributed by atoms with E-state index in [-0.39, 0.29) is 5.56 Å². The van der Waals surface area contributed by atoms with Crippen molar-refractivity contribution in [3.05, 3.63) is 23.3 Å². The summed E-state index contributed by atoms with van der Waals surface area (Å²) in [6.07, 6.45) is 0. The number of aromatic hydroxyl groups is 2. The van der Waals surface area contributed by atoms with Crippen molar-refractivity contribution in [1.29, 1.82) is 0 Å². The van der Waals surface area contributed by atoms with E-state index >= 15 is 0 Å². The molecule has 1 aromatic rings. The average Bonchev–Trinajstić information content (AvgIpc) is 2.02. The predicted molar refractivity (Wildman–Crippen MR) is 50.1 cm³/mol. The molecule has 2 N–H and O–H groups in total. The first-order chi connectivity index (χ1) is 6.45. The Morgan fingerprint density at radius 2 is 1.64 bits per heavy atom. The molecule has 0 aliphatic heterocycles. The van der Waals surface area contributed by atoms with Gasteiger partial charge in [0.2, 0.25) is 0 Å². The maximum Gasteiger partial charge on any atom is 0.259 e. The molecule has 0 saturated carbocycles. The van der Waals surface area contributed by atoms with Crippen LogP contribution in [0.15, 0.2) is 12.1 Å². The van der Waals surface area contributed by atoms with Gasteiger partial charge in [0.15, 0.2) is 0 Å². The van der Waals surface area contributed by atoms with Gasteiger partial charge in [-0.2, -0.15) is 0 Å². The fraction of sp³-hybridized carbons (Fsp3) is 0. The highest BCUT2D eigenvalue weighted by molar-refractivity contribution is 6.70. The highest BCUT2D eigenvalue weighted by atomic mass is 35.5. The molecular weight excluding hydrogens is 231 g/mol. The SMILES string of the molecule is O=C(Cl)c1ccc(O)c(C(=O)Cl)c1O. The zero-order valence-electron chi connectivity index (χ0n) is 6.62. The van der Waals surface area contributed by atoms with Crippen LogP contribution < -0.4 is 0 Å². The molecule has 0 heterocycles. The molecule has 0 saturated heterocycles. The number of carbonyl (C=O) groups is 2. The van der Waals surface area contributed by atoms with Crippen LogP contribution in [0.2, 0.25) is 0 Å². The van der Waals surface area contributed by atoms with Crippen LogP contribution in [0.5, 0.6) is 11.5 Å². The fourth-order valence-electron chi connectivity index (χ4n) is 0.933. The van der Waals surface area contributed by atoms with Gasteiger partial charge in [-0.25, -0.2) is 0 Å². The first-order valence-electron chi connectivity index (χ1n) is 3.39. The Balaban J connectivity index is 3.49. The van der Waals surface area contributed by atoms with Crippen molar-refractivity contribution in [2.24, 2.45) is 0 Å². The maximum atomic E-state index is 10.8. The van der Waals surface area contributed by atoms with Crippen molar-refractivity contribution in [2.45, 2.75) is 0 Å². The van der Waals surface area contributed by atoms with Gasteiger partial charge in [-0.1, -0.05) is 0 Å². The number of carbonyl (C=O) groups excluding carboxylic acids is 2. The predicted octanol–water partition coefficient (Wildman–Crippen LogP) is 1.86. The van der Waals surface area contributed by atoms with E-state index in [2.05, 4.69) is 0 Å². The van der Waals surface area contributed by atoms with Crippen molar-refractivity contribution in [3.8, 4) is 11.5 Å². The number of hydrogen-bond donors (Lipinski definition) is 2. The molecule has 0 bridgehead atoms. The summed E-state index contributed by atoms with van der Waals surface area (Å²) in [4.78, 5) is 21.5. The summed E-state index contributed by atoms with van der Waals surface area (Å²) in [7, 11) is 0. The van der Waals surface area contributed by atoms with Crippen molar-refractivity contribution in [2.75, 3.05) is 0 Å². The normalized spacial score (nSPS) is 9.86. The van der Waals surface area contributed by atoms with Crippen molar-refractivity contribution in [1.82, 2.24) is 0 Å². The summed E-state index contributed by atoms with van der Waals surface area (Å²) in [5.74, 6) is -1.23. The van der Waals surface area contributed by atoms with Crippen LogP contribution in [-0.2, 0) is 0 Å². The Morgan fingerprint density at radius 3 is 2.07 bits per heavy atom. The lowest BCUT2D eigenvalue weighted by Crippen LogP contribution is -1.97. The minimum Gasteiger partial charge on any atom is -0.507 e. The van der Waals surface area contributed by atoms with Gasteiger partial charge < -0.3 is 10.2 Å².